The van der Waals surface area contributed by atoms with Crippen molar-refractivity contribution in [2.24, 2.45) is 11.3 Å². The van der Waals surface area contributed by atoms with Gasteiger partial charge < -0.3 is 14.7 Å². The summed E-state index contributed by atoms with van der Waals surface area (Å²) in [6.07, 6.45) is 2.18. The molecule has 3 aromatic rings. The van der Waals surface area contributed by atoms with Crippen LogP contribution in [0.1, 0.15) is 61.3 Å². The number of carboxylic acids is 1. The van der Waals surface area contributed by atoms with Gasteiger partial charge in [-0.3, -0.25) is 14.1 Å². The van der Waals surface area contributed by atoms with Gasteiger partial charge in [-0.2, -0.15) is 4.31 Å². The van der Waals surface area contributed by atoms with Crippen molar-refractivity contribution in [3.63, 3.8) is 0 Å². The Kier molecular flexibility index (Phi) is 10.6. The van der Waals surface area contributed by atoms with E-state index in [1.807, 2.05) is 59.5 Å². The molecule has 2 N–H and O–H groups in total. The lowest BCUT2D eigenvalue weighted by Crippen LogP contribution is -2.59. The van der Waals surface area contributed by atoms with Crippen molar-refractivity contribution in [1.29, 1.82) is 0 Å². The van der Waals surface area contributed by atoms with Crippen LogP contribution in [0.2, 0.25) is 10.0 Å². The quantitative estimate of drug-likeness (QED) is 0.189. The molecular formula is C34H38Cl2N2O6S. The summed E-state index contributed by atoms with van der Waals surface area (Å²) in [4.78, 5) is 28.7. The van der Waals surface area contributed by atoms with Crippen molar-refractivity contribution in [3.8, 4) is 5.75 Å². The Labute approximate surface area is 276 Å². The first kappa shape index (κ1) is 33.4. The molecule has 1 saturated heterocycles. The fourth-order valence-electron chi connectivity index (χ4n) is 6.71. The molecular weight excluding hydrogens is 635 g/mol. The number of ether oxygens (including phenoxy) is 1. The SMILES string of the molecule is COc1cccc(CCN(CC(C2CC2)N2C(=O)C(C)(CC(=O)O)CC(c3cccc(Cl)c3)C2c2ccc(Cl)cc2)S(=O)O)c1. The Balaban J connectivity index is 1.57. The van der Waals surface area contributed by atoms with Crippen molar-refractivity contribution < 1.29 is 28.2 Å². The minimum absolute atomic E-state index is 0.0961. The third kappa shape index (κ3) is 7.89. The highest BCUT2D eigenvalue weighted by Gasteiger charge is 2.54. The van der Waals surface area contributed by atoms with Crippen LogP contribution in [0.15, 0.2) is 72.8 Å². The zero-order valence-corrected chi connectivity index (χ0v) is 27.6. The molecule has 0 radical (unpaired) electrons. The third-order valence-corrected chi connectivity index (χ3v) is 10.3. The maximum Gasteiger partial charge on any atom is 0.304 e. The van der Waals surface area contributed by atoms with Crippen molar-refractivity contribution >= 4 is 46.3 Å². The molecule has 3 aromatic carbocycles. The van der Waals surface area contributed by atoms with Crippen LogP contribution in [0.4, 0.5) is 0 Å². The van der Waals surface area contributed by atoms with Gasteiger partial charge in [0.05, 0.1) is 25.0 Å². The van der Waals surface area contributed by atoms with E-state index in [0.29, 0.717) is 28.6 Å². The minimum Gasteiger partial charge on any atom is -0.497 e. The van der Waals surface area contributed by atoms with Crippen molar-refractivity contribution in [2.45, 2.75) is 57.0 Å². The lowest BCUT2D eigenvalue weighted by molar-refractivity contribution is -0.161. The van der Waals surface area contributed by atoms with E-state index in [0.717, 1.165) is 29.5 Å². The number of rotatable bonds is 13. The molecule has 2 fully saturated rings. The largest absolute Gasteiger partial charge is 0.497 e. The molecule has 0 spiro atoms. The van der Waals surface area contributed by atoms with Gasteiger partial charge >= 0.3 is 5.97 Å². The summed E-state index contributed by atoms with van der Waals surface area (Å²) >= 11 is 10.4. The van der Waals surface area contributed by atoms with E-state index < -0.39 is 34.7 Å². The highest BCUT2D eigenvalue weighted by molar-refractivity contribution is 7.76. The Morgan fingerprint density at radius 2 is 1.78 bits per heavy atom. The van der Waals surface area contributed by atoms with Gasteiger partial charge in [-0.15, -0.1) is 0 Å². The van der Waals surface area contributed by atoms with E-state index >= 15 is 0 Å². The average molecular weight is 674 g/mol. The monoisotopic (exact) mass is 672 g/mol. The second-order valence-corrected chi connectivity index (χ2v) is 14.2. The molecule has 1 aliphatic carbocycles. The standard InChI is InChI=1S/C34H38Cl2N2O6S/c1-34(20-31(39)40)19-29(25-6-4-7-27(36)18-25)32(24-11-13-26(35)14-12-24)38(33(34)41)30(23-9-10-23)21-37(45(42)43)16-15-22-5-3-8-28(17-22)44-2/h3-8,11-14,17-18,23,29-30,32H,9-10,15-16,19-21H2,1-2H3,(H,39,40)(H,42,43). The molecule has 8 nitrogen and oxygen atoms in total. The zero-order chi connectivity index (χ0) is 32.3. The first-order valence-corrected chi connectivity index (χ1v) is 16.9. The molecule has 1 aliphatic heterocycles. The molecule has 11 heteroatoms. The van der Waals surface area contributed by atoms with Crippen LogP contribution >= 0.6 is 23.2 Å². The summed E-state index contributed by atoms with van der Waals surface area (Å²) < 4.78 is 30.1. The van der Waals surface area contributed by atoms with Crippen LogP contribution in [0, 0.1) is 11.3 Å². The Morgan fingerprint density at radius 3 is 2.40 bits per heavy atom. The van der Waals surface area contributed by atoms with Crippen molar-refractivity contribution in [1.82, 2.24) is 9.21 Å². The van der Waals surface area contributed by atoms with Crippen LogP contribution in [0.25, 0.3) is 0 Å². The highest BCUT2D eigenvalue weighted by Crippen LogP contribution is 2.54. The summed E-state index contributed by atoms with van der Waals surface area (Å²) in [5.41, 5.74) is 1.50. The molecule has 240 valence electrons. The van der Waals surface area contributed by atoms with Gasteiger partial charge in [-0.05, 0) is 84.7 Å². The normalized spacial score (nSPS) is 23.2. The van der Waals surface area contributed by atoms with Gasteiger partial charge in [0.1, 0.15) is 5.75 Å². The molecule has 1 saturated carbocycles. The van der Waals surface area contributed by atoms with Gasteiger partial charge in [-0.1, -0.05) is 66.5 Å². The number of aliphatic carboxylic acids is 1. The van der Waals surface area contributed by atoms with Gasteiger partial charge in [0, 0.05) is 35.1 Å². The lowest BCUT2D eigenvalue weighted by atomic mass is 9.67. The van der Waals surface area contributed by atoms with Gasteiger partial charge in [0.15, 0.2) is 0 Å². The van der Waals surface area contributed by atoms with E-state index in [2.05, 4.69) is 0 Å². The number of benzene rings is 3. The predicted octanol–water partition coefficient (Wildman–Crippen LogP) is 7.00. The number of carbonyl (C=O) groups is 2. The number of likely N-dealkylation sites (tertiary alicyclic amines) is 1. The lowest BCUT2D eigenvalue weighted by Gasteiger charge is -2.52. The molecule has 5 unspecified atom stereocenters. The molecule has 1 amide bonds. The third-order valence-electron chi connectivity index (χ3n) is 9.05. The second kappa shape index (κ2) is 14.2. The molecule has 5 rings (SSSR count). The van der Waals surface area contributed by atoms with Crippen LogP contribution in [-0.4, -0.2) is 61.2 Å². The minimum atomic E-state index is -2.31. The topological polar surface area (TPSA) is 107 Å². The number of carboxylic acid groups (broad SMARTS) is 1. The Morgan fingerprint density at radius 1 is 1.07 bits per heavy atom. The number of carbonyl (C=O) groups excluding carboxylic acids is 1. The fraction of sp³-hybridized carbons (Fsp3) is 0.412. The van der Waals surface area contributed by atoms with Crippen LogP contribution < -0.4 is 4.74 Å². The molecule has 5 atom stereocenters. The van der Waals surface area contributed by atoms with Gasteiger partial charge in [0.25, 0.3) is 0 Å². The number of methoxy groups -OCH3 is 1. The van der Waals surface area contributed by atoms with E-state index in [4.69, 9.17) is 27.9 Å². The van der Waals surface area contributed by atoms with Crippen LogP contribution in [-0.2, 0) is 27.3 Å². The number of piperidine rings is 1. The molecule has 1 heterocycles. The predicted molar refractivity (Wildman–Crippen MR) is 176 cm³/mol. The maximum absolute atomic E-state index is 14.7. The van der Waals surface area contributed by atoms with Crippen molar-refractivity contribution in [2.75, 3.05) is 20.2 Å². The maximum atomic E-state index is 14.7. The van der Waals surface area contributed by atoms with E-state index in [-0.39, 0.29) is 37.3 Å². The smallest absolute Gasteiger partial charge is 0.304 e. The second-order valence-electron chi connectivity index (χ2n) is 12.3. The van der Waals surface area contributed by atoms with Gasteiger partial charge in [-0.25, -0.2) is 4.21 Å². The van der Waals surface area contributed by atoms with Crippen LogP contribution in [0.5, 0.6) is 5.75 Å². The number of nitrogens with zero attached hydrogens (tertiary/aromatic N) is 2. The summed E-state index contributed by atoms with van der Waals surface area (Å²) in [6, 6.07) is 21.5. The molecule has 0 bridgehead atoms. The van der Waals surface area contributed by atoms with E-state index in [1.165, 1.54) is 4.31 Å². The summed E-state index contributed by atoms with van der Waals surface area (Å²) in [7, 11) is 1.59. The Hall–Kier alpha value is -2.95. The van der Waals surface area contributed by atoms with Gasteiger partial charge in [0.2, 0.25) is 17.2 Å². The number of amides is 1. The zero-order valence-electron chi connectivity index (χ0n) is 25.3. The number of halogens is 2. The van der Waals surface area contributed by atoms with Crippen LogP contribution in [0.3, 0.4) is 0 Å². The summed E-state index contributed by atoms with van der Waals surface area (Å²) in [5.74, 6) is -0.817. The van der Waals surface area contributed by atoms with Crippen molar-refractivity contribution in [3.05, 3.63) is 99.5 Å². The van der Waals surface area contributed by atoms with E-state index in [1.54, 1.807) is 32.2 Å². The first-order valence-electron chi connectivity index (χ1n) is 15.0. The highest BCUT2D eigenvalue weighted by atomic mass is 35.5. The molecule has 45 heavy (non-hydrogen) atoms. The fourth-order valence-corrected chi connectivity index (χ4v) is 7.57. The summed E-state index contributed by atoms with van der Waals surface area (Å²) in [6.45, 7) is 2.15. The summed E-state index contributed by atoms with van der Waals surface area (Å²) in [5, 5.41) is 11.0. The number of hydrogen-bond acceptors (Lipinski definition) is 4. The van der Waals surface area contributed by atoms with E-state index in [9.17, 15) is 23.5 Å². The number of hydrogen-bond donors (Lipinski definition) is 2. The average Bonchev–Trinajstić information content (AvgIpc) is 3.84. The molecule has 2 aliphatic rings. The Bertz CT molecular complexity index is 1550. The first-order chi connectivity index (χ1) is 21.5. The molecule has 0 aromatic heterocycles.